The first kappa shape index (κ1) is 21.0. The Bertz CT molecular complexity index is 1190. The zero-order valence-corrected chi connectivity index (χ0v) is 17.2. The molecule has 0 aliphatic rings. The van der Waals surface area contributed by atoms with Crippen LogP contribution in [-0.4, -0.2) is 15.8 Å². The number of ether oxygens (including phenoxy) is 1. The minimum Gasteiger partial charge on any atom is -0.496 e. The highest BCUT2D eigenvalue weighted by atomic mass is 16.5. The zero-order valence-electron chi connectivity index (χ0n) is 17.2. The molecule has 0 radical (unpaired) electrons. The number of hydrogen-bond acceptors (Lipinski definition) is 4. The third-order valence-corrected chi connectivity index (χ3v) is 4.73. The summed E-state index contributed by atoms with van der Waals surface area (Å²) in [5.74, 6) is -0.593. The Hall–Kier alpha value is -3.67. The maximum Gasteiger partial charge on any atom is 0.326 e. The number of carbonyl (C=O) groups is 1. The Morgan fingerprint density at radius 1 is 1.07 bits per heavy atom. The average Bonchev–Trinajstić information content (AvgIpc) is 2.70. The molecule has 3 aromatic rings. The van der Waals surface area contributed by atoms with Gasteiger partial charge in [-0.2, -0.15) is 0 Å². The van der Waals surface area contributed by atoms with Gasteiger partial charge in [0.15, 0.2) is 0 Å². The molecule has 0 aliphatic carbocycles. The molecule has 1 heterocycles. The van der Waals surface area contributed by atoms with Crippen LogP contribution in [0.2, 0.25) is 0 Å². The highest BCUT2D eigenvalue weighted by Crippen LogP contribution is 2.20. The molecule has 154 valence electrons. The van der Waals surface area contributed by atoms with E-state index in [1.54, 1.807) is 32.2 Å². The van der Waals surface area contributed by atoms with Crippen molar-refractivity contribution in [3.8, 4) is 0 Å². The molecule has 6 nitrogen and oxygen atoms in total. The second kappa shape index (κ2) is 9.22. The number of rotatable bonds is 7. The minimum atomic E-state index is -0.694. The molecule has 0 fully saturated rings. The predicted molar refractivity (Wildman–Crippen MR) is 117 cm³/mol. The van der Waals surface area contributed by atoms with E-state index >= 15 is 0 Å². The van der Waals surface area contributed by atoms with Crippen molar-refractivity contribution in [3.05, 3.63) is 109 Å². The van der Waals surface area contributed by atoms with Crippen LogP contribution in [0.3, 0.4) is 0 Å². The van der Waals surface area contributed by atoms with Gasteiger partial charge in [-0.3, -0.25) is 14.6 Å². The summed E-state index contributed by atoms with van der Waals surface area (Å²) in [5.41, 5.74) is 2.20. The van der Waals surface area contributed by atoms with Crippen LogP contribution < -0.4 is 11.2 Å². The van der Waals surface area contributed by atoms with Gasteiger partial charge in [-0.1, -0.05) is 62.4 Å². The summed E-state index contributed by atoms with van der Waals surface area (Å²) >= 11 is 0. The lowest BCUT2D eigenvalue weighted by Crippen LogP contribution is -2.31. The average molecular weight is 404 g/mol. The summed E-state index contributed by atoms with van der Waals surface area (Å²) in [5, 5.41) is 0. The molecule has 0 atom stereocenters. The van der Waals surface area contributed by atoms with Gasteiger partial charge in [-0.05, 0) is 35.6 Å². The normalized spacial score (nSPS) is 11.2. The van der Waals surface area contributed by atoms with Crippen LogP contribution in [0.5, 0.6) is 0 Å². The number of hydrogen-bond donors (Lipinski definition) is 2. The number of carbonyl (C=O) groups excluding carboxylic acids is 1. The van der Waals surface area contributed by atoms with Crippen LogP contribution in [0.1, 0.15) is 58.1 Å². The van der Waals surface area contributed by atoms with Gasteiger partial charge in [-0.15, -0.1) is 0 Å². The molecule has 0 amide bonds. The maximum atomic E-state index is 13.1. The van der Waals surface area contributed by atoms with Crippen molar-refractivity contribution in [1.82, 2.24) is 9.97 Å². The molecule has 3 rings (SSSR count). The third kappa shape index (κ3) is 4.84. The SMILES string of the molecule is Cc1cc(/C=C/OCc2ccccc2)ccc1C(=O)c1[nH]c(=O)[nH]c(=O)c1C(C)C. The van der Waals surface area contributed by atoms with Crippen molar-refractivity contribution in [1.29, 1.82) is 0 Å². The van der Waals surface area contributed by atoms with E-state index in [2.05, 4.69) is 9.97 Å². The second-order valence-electron chi connectivity index (χ2n) is 7.35. The first-order chi connectivity index (χ1) is 14.4. The Labute approximate surface area is 174 Å². The molecule has 0 spiro atoms. The highest BCUT2D eigenvalue weighted by Gasteiger charge is 2.21. The smallest absolute Gasteiger partial charge is 0.326 e. The topological polar surface area (TPSA) is 92.0 Å². The largest absolute Gasteiger partial charge is 0.496 e. The fourth-order valence-electron chi connectivity index (χ4n) is 3.25. The Morgan fingerprint density at radius 3 is 2.47 bits per heavy atom. The molecule has 1 aromatic heterocycles. The van der Waals surface area contributed by atoms with Gasteiger partial charge in [0.2, 0.25) is 5.78 Å². The number of benzene rings is 2. The number of nitrogens with one attached hydrogen (secondary N) is 2. The van der Waals surface area contributed by atoms with Gasteiger partial charge in [0.05, 0.1) is 12.0 Å². The van der Waals surface area contributed by atoms with E-state index < -0.39 is 11.2 Å². The minimum absolute atomic E-state index is 0.0383. The first-order valence-electron chi connectivity index (χ1n) is 9.70. The molecule has 0 unspecified atom stereocenters. The van der Waals surface area contributed by atoms with Crippen molar-refractivity contribution in [2.24, 2.45) is 0 Å². The number of H-pyrrole nitrogens is 2. The fraction of sp³-hybridized carbons (Fsp3) is 0.208. The molecule has 0 aliphatic heterocycles. The highest BCUT2D eigenvalue weighted by molar-refractivity contribution is 6.09. The summed E-state index contributed by atoms with van der Waals surface area (Å²) in [7, 11) is 0. The van der Waals surface area contributed by atoms with Gasteiger partial charge in [0.1, 0.15) is 6.61 Å². The van der Waals surface area contributed by atoms with Gasteiger partial charge in [0.25, 0.3) is 5.56 Å². The summed E-state index contributed by atoms with van der Waals surface area (Å²) in [6, 6.07) is 15.2. The Morgan fingerprint density at radius 2 is 1.80 bits per heavy atom. The van der Waals surface area contributed by atoms with Crippen molar-refractivity contribution >= 4 is 11.9 Å². The first-order valence-corrected chi connectivity index (χ1v) is 9.70. The third-order valence-electron chi connectivity index (χ3n) is 4.73. The zero-order chi connectivity index (χ0) is 21.7. The lowest BCUT2D eigenvalue weighted by molar-refractivity contribution is 0.103. The lowest BCUT2D eigenvalue weighted by atomic mass is 9.94. The fourth-order valence-corrected chi connectivity index (χ4v) is 3.25. The monoisotopic (exact) mass is 404 g/mol. The van der Waals surface area contributed by atoms with Gasteiger partial charge in [0, 0.05) is 11.1 Å². The van der Waals surface area contributed by atoms with Crippen molar-refractivity contribution in [2.45, 2.75) is 33.3 Å². The number of aromatic amines is 2. The van der Waals surface area contributed by atoms with E-state index in [1.807, 2.05) is 49.4 Å². The summed E-state index contributed by atoms with van der Waals surface area (Å²) < 4.78 is 5.55. The van der Waals surface area contributed by atoms with E-state index in [0.717, 1.165) is 16.7 Å². The summed E-state index contributed by atoms with van der Waals surface area (Å²) in [6.45, 7) is 5.89. The summed E-state index contributed by atoms with van der Waals surface area (Å²) in [6.07, 6.45) is 3.44. The number of aryl methyl sites for hydroxylation is 1. The standard InChI is InChI=1S/C24H24N2O4/c1-15(2)20-21(25-24(29)26-23(20)28)22(27)19-10-9-17(13-16(19)3)11-12-30-14-18-7-5-4-6-8-18/h4-13,15H,14H2,1-3H3,(H2,25,26,28,29)/b12-11+. The maximum absolute atomic E-state index is 13.1. The van der Waals surface area contributed by atoms with Crippen LogP contribution >= 0.6 is 0 Å². The van der Waals surface area contributed by atoms with Gasteiger partial charge in [-0.25, -0.2) is 4.79 Å². The van der Waals surface area contributed by atoms with Crippen LogP contribution in [-0.2, 0) is 11.3 Å². The number of ketones is 1. The molecule has 6 heteroatoms. The van der Waals surface area contributed by atoms with E-state index in [9.17, 15) is 14.4 Å². The molecule has 0 saturated heterocycles. The van der Waals surface area contributed by atoms with Crippen LogP contribution in [0.4, 0.5) is 0 Å². The molecule has 0 saturated carbocycles. The van der Waals surface area contributed by atoms with E-state index in [4.69, 9.17) is 4.74 Å². The quantitative estimate of drug-likeness (QED) is 0.461. The van der Waals surface area contributed by atoms with Crippen LogP contribution in [0, 0.1) is 6.92 Å². The van der Waals surface area contributed by atoms with Gasteiger partial charge >= 0.3 is 5.69 Å². The molecule has 2 aromatic carbocycles. The molecule has 0 bridgehead atoms. The van der Waals surface area contributed by atoms with Crippen LogP contribution in [0.15, 0.2) is 64.4 Å². The summed E-state index contributed by atoms with van der Waals surface area (Å²) in [4.78, 5) is 41.6. The van der Waals surface area contributed by atoms with Crippen molar-refractivity contribution < 1.29 is 9.53 Å². The second-order valence-corrected chi connectivity index (χ2v) is 7.35. The molecule has 30 heavy (non-hydrogen) atoms. The van der Waals surface area contributed by atoms with Gasteiger partial charge < -0.3 is 9.72 Å². The Kier molecular flexibility index (Phi) is 6.47. The van der Waals surface area contributed by atoms with Crippen molar-refractivity contribution in [3.63, 3.8) is 0 Å². The Balaban J connectivity index is 1.80. The van der Waals surface area contributed by atoms with Crippen molar-refractivity contribution in [2.75, 3.05) is 0 Å². The molecular formula is C24H24N2O4. The molecular weight excluding hydrogens is 380 g/mol. The van der Waals surface area contributed by atoms with E-state index in [1.165, 1.54) is 0 Å². The molecule has 2 N–H and O–H groups in total. The van der Waals surface area contributed by atoms with E-state index in [-0.39, 0.29) is 23.0 Å². The predicted octanol–water partition coefficient (Wildman–Crippen LogP) is 3.91. The number of aromatic nitrogens is 2. The van der Waals surface area contributed by atoms with Crippen LogP contribution in [0.25, 0.3) is 6.08 Å². The van der Waals surface area contributed by atoms with E-state index in [0.29, 0.717) is 12.2 Å². The lowest BCUT2D eigenvalue weighted by Gasteiger charge is -2.12.